The van der Waals surface area contributed by atoms with Gasteiger partial charge < -0.3 is 13.9 Å². The Labute approximate surface area is 327 Å². The highest BCUT2D eigenvalue weighted by atomic mass is 16.5. The Bertz CT molecular complexity index is 2550. The predicted octanol–water partition coefficient (Wildman–Crippen LogP) is 12.0. The molecule has 0 bridgehead atoms. The quantitative estimate of drug-likeness (QED) is 0.167. The van der Waals surface area contributed by atoms with Crippen molar-refractivity contribution in [1.29, 1.82) is 0 Å². The van der Waals surface area contributed by atoms with Gasteiger partial charge in [0.2, 0.25) is 0 Å². The van der Waals surface area contributed by atoms with Gasteiger partial charge in [-0.25, -0.2) is 0 Å². The molecule has 2 aliphatic rings. The zero-order valence-corrected chi connectivity index (χ0v) is 30.8. The molecule has 9 aromatic rings. The van der Waals surface area contributed by atoms with E-state index in [1.807, 2.05) is 0 Å². The van der Waals surface area contributed by atoms with Gasteiger partial charge in [0.1, 0.15) is 11.5 Å². The summed E-state index contributed by atoms with van der Waals surface area (Å²) >= 11 is 0. The summed E-state index contributed by atoms with van der Waals surface area (Å²) in [6, 6.07) is 74.9. The van der Waals surface area contributed by atoms with E-state index in [1.165, 1.54) is 44.6 Å². The molecule has 0 saturated carbocycles. The third-order valence-corrected chi connectivity index (χ3v) is 12.0. The topological polar surface area (TPSA) is 19.1 Å². The number of hydrogen-bond donors (Lipinski definition) is 0. The van der Waals surface area contributed by atoms with Crippen molar-refractivity contribution in [2.75, 3.05) is 0 Å². The average Bonchev–Trinajstić information content (AvgIpc) is 3.91. The van der Waals surface area contributed by atoms with Crippen LogP contribution in [0.5, 0.6) is 11.5 Å². The fraction of sp³-hybridized carbons (Fsp3) is 0.0566. The fourth-order valence-corrected chi connectivity index (χ4v) is 9.84. The number of nitrogens with zero attached hydrogens (tertiary/aromatic N) is 2. The first kappa shape index (κ1) is 32.3. The van der Waals surface area contributed by atoms with E-state index in [9.17, 15) is 0 Å². The summed E-state index contributed by atoms with van der Waals surface area (Å²) in [7, 11) is 0. The molecule has 3 heterocycles. The van der Waals surface area contributed by atoms with Crippen LogP contribution in [-0.2, 0) is 17.3 Å². The van der Waals surface area contributed by atoms with Crippen LogP contribution in [0.3, 0.4) is 0 Å². The SMILES string of the molecule is c1ccc(-n2ccc3c2C(c2ccccc2)(c2ccccc2)c2cc4c(cc2C3)C(c2ccccc2)(c2ccccc2)c2c(ccn2-c2ccccc2)O4)cc1. The smallest absolute Gasteiger partial charge is 0.150 e. The van der Waals surface area contributed by atoms with Gasteiger partial charge in [-0.3, -0.25) is 0 Å². The van der Waals surface area contributed by atoms with Crippen molar-refractivity contribution >= 4 is 0 Å². The molecule has 0 unspecified atom stereocenters. The lowest BCUT2D eigenvalue weighted by atomic mass is 9.59. The minimum Gasteiger partial charge on any atom is -0.455 e. The molecule has 0 fully saturated rings. The zero-order chi connectivity index (χ0) is 37.1. The molecule has 11 rings (SSSR count). The van der Waals surface area contributed by atoms with Crippen LogP contribution in [0.25, 0.3) is 11.4 Å². The van der Waals surface area contributed by atoms with Crippen molar-refractivity contribution in [2.24, 2.45) is 0 Å². The molecule has 266 valence electrons. The molecule has 0 N–H and O–H groups in total. The van der Waals surface area contributed by atoms with E-state index in [1.54, 1.807) is 0 Å². The number of rotatable bonds is 6. The van der Waals surface area contributed by atoms with Crippen molar-refractivity contribution in [1.82, 2.24) is 9.13 Å². The Hall–Kier alpha value is -7.10. The van der Waals surface area contributed by atoms with Gasteiger partial charge in [-0.1, -0.05) is 158 Å². The monoisotopic (exact) mass is 718 g/mol. The van der Waals surface area contributed by atoms with Crippen LogP contribution < -0.4 is 4.74 Å². The maximum Gasteiger partial charge on any atom is 0.150 e. The summed E-state index contributed by atoms with van der Waals surface area (Å²) in [6.07, 6.45) is 5.22. The average molecular weight is 719 g/mol. The Morgan fingerprint density at radius 1 is 0.357 bits per heavy atom. The molecule has 0 radical (unpaired) electrons. The zero-order valence-electron chi connectivity index (χ0n) is 30.8. The Morgan fingerprint density at radius 3 is 1.25 bits per heavy atom. The standard InChI is InChI=1S/C53H38N2O/c1-7-19-40(20-8-1)52(41-21-9-2-10-22-41)46-37-49-47(36-39(46)35-38-31-33-54(50(38)52)44-27-15-5-16-28-44)53(42-23-11-3-12-24-42,43-25-13-4-14-26-43)51-48(56-49)32-34-55(51)45-29-17-6-18-30-45/h1-34,36-37H,35H2. The van der Waals surface area contributed by atoms with E-state index in [2.05, 4.69) is 228 Å². The minimum absolute atomic E-state index is 0.651. The lowest BCUT2D eigenvalue weighted by Crippen LogP contribution is -2.40. The maximum atomic E-state index is 7.27. The van der Waals surface area contributed by atoms with Crippen LogP contribution in [0.2, 0.25) is 0 Å². The molecule has 3 nitrogen and oxygen atoms in total. The number of benzene rings is 7. The molecule has 3 heteroatoms. The first-order valence-corrected chi connectivity index (χ1v) is 19.4. The van der Waals surface area contributed by atoms with Crippen LogP contribution in [0.4, 0.5) is 0 Å². The van der Waals surface area contributed by atoms with Crippen LogP contribution in [0.15, 0.2) is 219 Å². The van der Waals surface area contributed by atoms with E-state index in [0.29, 0.717) is 0 Å². The van der Waals surface area contributed by atoms with E-state index < -0.39 is 10.8 Å². The Balaban J connectivity index is 1.28. The van der Waals surface area contributed by atoms with Crippen molar-refractivity contribution in [3.05, 3.63) is 275 Å². The molecule has 0 amide bonds. The summed E-state index contributed by atoms with van der Waals surface area (Å²) in [4.78, 5) is 0. The second kappa shape index (κ2) is 12.8. The highest BCUT2D eigenvalue weighted by Crippen LogP contribution is 2.60. The van der Waals surface area contributed by atoms with Gasteiger partial charge in [0, 0.05) is 35.0 Å². The van der Waals surface area contributed by atoms with E-state index in [4.69, 9.17) is 4.74 Å². The highest BCUT2D eigenvalue weighted by molar-refractivity contribution is 5.74. The third-order valence-electron chi connectivity index (χ3n) is 12.0. The van der Waals surface area contributed by atoms with E-state index in [0.717, 1.165) is 40.6 Å². The molecule has 7 aromatic carbocycles. The summed E-state index contributed by atoms with van der Waals surface area (Å²) in [6.45, 7) is 0. The van der Waals surface area contributed by atoms with Crippen LogP contribution in [0, 0.1) is 0 Å². The van der Waals surface area contributed by atoms with Gasteiger partial charge >= 0.3 is 0 Å². The summed E-state index contributed by atoms with van der Waals surface area (Å²) < 4.78 is 12.0. The molecule has 56 heavy (non-hydrogen) atoms. The van der Waals surface area contributed by atoms with Gasteiger partial charge in [-0.15, -0.1) is 0 Å². The number of aromatic nitrogens is 2. The predicted molar refractivity (Wildman–Crippen MR) is 225 cm³/mol. The molecular formula is C53H38N2O. The minimum atomic E-state index is -0.696. The van der Waals surface area contributed by atoms with Crippen molar-refractivity contribution in [3.63, 3.8) is 0 Å². The normalized spacial score (nSPS) is 14.4. The van der Waals surface area contributed by atoms with Crippen LogP contribution in [-0.4, -0.2) is 9.13 Å². The summed E-state index contributed by atoms with van der Waals surface area (Å²) in [5, 5.41) is 0. The first-order valence-electron chi connectivity index (χ1n) is 19.4. The Morgan fingerprint density at radius 2 is 0.768 bits per heavy atom. The van der Waals surface area contributed by atoms with Crippen molar-refractivity contribution in [2.45, 2.75) is 17.3 Å². The highest BCUT2D eigenvalue weighted by Gasteiger charge is 2.51. The molecule has 1 aliphatic carbocycles. The van der Waals surface area contributed by atoms with Gasteiger partial charge in [0.25, 0.3) is 0 Å². The molecular weight excluding hydrogens is 681 g/mol. The van der Waals surface area contributed by atoms with Gasteiger partial charge in [-0.05, 0) is 93.9 Å². The number of ether oxygens (including phenoxy) is 1. The fourth-order valence-electron chi connectivity index (χ4n) is 9.84. The first-order chi connectivity index (χ1) is 27.8. The van der Waals surface area contributed by atoms with Crippen LogP contribution in [0.1, 0.15) is 55.9 Å². The van der Waals surface area contributed by atoms with Crippen molar-refractivity contribution in [3.8, 4) is 22.9 Å². The van der Waals surface area contributed by atoms with Gasteiger partial charge in [-0.2, -0.15) is 0 Å². The second-order valence-corrected chi connectivity index (χ2v) is 14.9. The molecule has 2 aromatic heterocycles. The van der Waals surface area contributed by atoms with Gasteiger partial charge in [0.15, 0.2) is 0 Å². The largest absolute Gasteiger partial charge is 0.455 e. The second-order valence-electron chi connectivity index (χ2n) is 14.9. The Kier molecular flexibility index (Phi) is 7.36. The summed E-state index contributed by atoms with van der Waals surface area (Å²) in [5.41, 5.74) is 13.0. The van der Waals surface area contributed by atoms with Gasteiger partial charge in [0.05, 0.1) is 16.5 Å². The lowest BCUT2D eigenvalue weighted by Gasteiger charge is -2.45. The number of fused-ring (bicyclic) bond motifs is 4. The number of para-hydroxylation sites is 2. The third kappa shape index (κ3) is 4.58. The maximum absolute atomic E-state index is 7.27. The number of hydrogen-bond acceptors (Lipinski definition) is 1. The summed E-state index contributed by atoms with van der Waals surface area (Å²) in [5.74, 6) is 1.72. The van der Waals surface area contributed by atoms with Crippen LogP contribution >= 0.6 is 0 Å². The van der Waals surface area contributed by atoms with Crippen molar-refractivity contribution < 1.29 is 4.74 Å². The van der Waals surface area contributed by atoms with E-state index >= 15 is 0 Å². The molecule has 1 aliphatic heterocycles. The molecule has 0 atom stereocenters. The lowest BCUT2D eigenvalue weighted by molar-refractivity contribution is 0.426. The molecule has 0 saturated heterocycles. The van der Waals surface area contributed by atoms with E-state index in [-0.39, 0.29) is 0 Å². The molecule has 0 spiro atoms.